The highest BCUT2D eigenvalue weighted by Gasteiger charge is 2.35. The maximum atomic E-state index is 12.5. The van der Waals surface area contributed by atoms with Gasteiger partial charge >= 0.3 is 0 Å². The van der Waals surface area contributed by atoms with E-state index in [0.717, 1.165) is 72.5 Å². The molecule has 1 N–H and O–H groups in total. The van der Waals surface area contributed by atoms with Gasteiger partial charge in [-0.05, 0) is 133 Å². The molecule has 6 aromatic carbocycles. The number of aromatic nitrogens is 3. The van der Waals surface area contributed by atoms with E-state index in [2.05, 4.69) is 157 Å². The van der Waals surface area contributed by atoms with E-state index in [9.17, 15) is 7.85 Å². The summed E-state index contributed by atoms with van der Waals surface area (Å²) in [6.45, 7) is 29.2. The summed E-state index contributed by atoms with van der Waals surface area (Å²) in [4.78, 5) is 10.6. The number of imidazole rings is 1. The van der Waals surface area contributed by atoms with Crippen molar-refractivity contribution in [2.24, 2.45) is 5.41 Å². The van der Waals surface area contributed by atoms with Crippen LogP contribution in [0, 0.1) is 5.41 Å². The zero-order valence-electron chi connectivity index (χ0n) is 44.6. The second kappa shape index (κ2) is 17.5. The first-order chi connectivity index (χ1) is 32.0. The molecule has 0 aliphatic heterocycles. The standard InChI is InChI=1S/C62H69N3O/c1-38(2)41-23-25-42(26-24-41)44-29-30-63-54(36-44)47-31-46(32-49(33-47)60(7,8)9)50-21-18-22-56-57(50)64-59(53-35-45(39(3)4)34-51(40(5)6)58(53)66)65(56)55-28-27-48(62(13,14)61(10,11)12)37-52(55)43-19-16-15-17-20-43/h15-40,66H,1-14H3/i38D,39D,40D. The first-order valence-corrected chi connectivity index (χ1v) is 23.4. The summed E-state index contributed by atoms with van der Waals surface area (Å²) in [5.41, 5.74) is 14.9. The van der Waals surface area contributed by atoms with Crippen LogP contribution in [-0.2, 0) is 10.8 Å². The molecule has 4 heteroatoms. The van der Waals surface area contributed by atoms with Crippen molar-refractivity contribution in [2.45, 2.75) is 125 Å². The number of pyridine rings is 1. The zero-order chi connectivity index (χ0) is 50.2. The topological polar surface area (TPSA) is 50.9 Å². The van der Waals surface area contributed by atoms with Gasteiger partial charge in [-0.25, -0.2) is 4.98 Å². The lowest BCUT2D eigenvalue weighted by atomic mass is 9.65. The summed E-state index contributed by atoms with van der Waals surface area (Å²) in [6, 6.07) is 46.4. The minimum absolute atomic E-state index is 0.0196. The number of aromatic hydroxyl groups is 1. The number of hydrogen-bond donors (Lipinski definition) is 1. The van der Waals surface area contributed by atoms with Crippen LogP contribution in [0.4, 0.5) is 0 Å². The van der Waals surface area contributed by atoms with Gasteiger partial charge in [0.05, 0.1) is 28.0 Å². The maximum Gasteiger partial charge on any atom is 0.149 e. The Morgan fingerprint density at radius 1 is 0.530 bits per heavy atom. The summed E-state index contributed by atoms with van der Waals surface area (Å²) in [5, 5.41) is 12.5. The maximum absolute atomic E-state index is 12.5. The zero-order valence-corrected chi connectivity index (χ0v) is 41.6. The number of rotatable bonds is 10. The first-order valence-electron chi connectivity index (χ1n) is 24.9. The van der Waals surface area contributed by atoms with Crippen molar-refractivity contribution in [3.05, 3.63) is 167 Å². The molecular formula is C62H69N3O. The van der Waals surface area contributed by atoms with Crippen LogP contribution >= 0.6 is 0 Å². The summed E-state index contributed by atoms with van der Waals surface area (Å²) in [7, 11) is 0. The van der Waals surface area contributed by atoms with Crippen LogP contribution in [0.15, 0.2) is 140 Å². The molecule has 338 valence electrons. The molecule has 0 atom stereocenters. The van der Waals surface area contributed by atoms with Crippen LogP contribution in [0.1, 0.15) is 147 Å². The van der Waals surface area contributed by atoms with Crippen molar-refractivity contribution >= 4 is 11.0 Å². The minimum Gasteiger partial charge on any atom is -0.507 e. The van der Waals surface area contributed by atoms with Gasteiger partial charge in [-0.3, -0.25) is 9.55 Å². The first kappa shape index (κ1) is 42.4. The number of para-hydroxylation sites is 1. The van der Waals surface area contributed by atoms with E-state index in [4.69, 9.17) is 11.3 Å². The Kier molecular flexibility index (Phi) is 11.2. The predicted molar refractivity (Wildman–Crippen MR) is 281 cm³/mol. The third kappa shape index (κ3) is 8.75. The highest BCUT2D eigenvalue weighted by molar-refractivity contribution is 5.98. The van der Waals surface area contributed by atoms with E-state index in [-0.39, 0.29) is 22.0 Å². The lowest BCUT2D eigenvalue weighted by molar-refractivity contribution is 0.225. The quantitative estimate of drug-likeness (QED) is 0.149. The van der Waals surface area contributed by atoms with E-state index >= 15 is 0 Å². The number of fused-ring (bicyclic) bond motifs is 1. The average molecular weight is 875 g/mol. The summed E-state index contributed by atoms with van der Waals surface area (Å²) >= 11 is 0. The summed E-state index contributed by atoms with van der Waals surface area (Å²) < 4.78 is 29.2. The number of phenols is 1. The molecule has 0 unspecified atom stereocenters. The van der Waals surface area contributed by atoms with Gasteiger partial charge in [0.1, 0.15) is 11.6 Å². The molecule has 0 aliphatic carbocycles. The molecule has 0 saturated heterocycles. The van der Waals surface area contributed by atoms with Crippen LogP contribution in [0.2, 0.25) is 0 Å². The molecule has 2 heterocycles. The van der Waals surface area contributed by atoms with E-state index in [1.54, 1.807) is 13.8 Å². The molecule has 2 aromatic heterocycles. The van der Waals surface area contributed by atoms with Gasteiger partial charge in [-0.2, -0.15) is 0 Å². The van der Waals surface area contributed by atoms with Gasteiger partial charge < -0.3 is 5.11 Å². The molecule has 4 nitrogen and oxygen atoms in total. The minimum atomic E-state index is -1.17. The van der Waals surface area contributed by atoms with Gasteiger partial charge in [-0.15, -0.1) is 0 Å². The van der Waals surface area contributed by atoms with E-state index in [1.165, 1.54) is 5.56 Å². The highest BCUT2D eigenvalue weighted by Crippen LogP contribution is 2.47. The predicted octanol–water partition coefficient (Wildman–Crippen LogP) is 17.5. The molecular weight excluding hydrogens is 803 g/mol. The molecule has 0 amide bonds. The Hall–Kier alpha value is -6.26. The van der Waals surface area contributed by atoms with Crippen molar-refractivity contribution in [3.8, 4) is 67.5 Å². The van der Waals surface area contributed by atoms with Crippen LogP contribution in [-0.4, -0.2) is 19.6 Å². The second-order valence-corrected chi connectivity index (χ2v) is 21.4. The number of hydrogen-bond acceptors (Lipinski definition) is 3. The molecule has 0 fully saturated rings. The van der Waals surface area contributed by atoms with Crippen molar-refractivity contribution in [1.82, 2.24) is 14.5 Å². The van der Waals surface area contributed by atoms with Gasteiger partial charge in [0.25, 0.3) is 0 Å². The molecule has 66 heavy (non-hydrogen) atoms. The second-order valence-electron chi connectivity index (χ2n) is 21.4. The molecule has 0 bridgehead atoms. The fourth-order valence-corrected chi connectivity index (χ4v) is 8.76. The third-order valence-electron chi connectivity index (χ3n) is 14.0. The molecule has 0 spiro atoms. The van der Waals surface area contributed by atoms with E-state index in [0.29, 0.717) is 22.5 Å². The van der Waals surface area contributed by atoms with Crippen LogP contribution in [0.25, 0.3) is 72.7 Å². The smallest absolute Gasteiger partial charge is 0.149 e. The van der Waals surface area contributed by atoms with Crippen molar-refractivity contribution in [1.29, 1.82) is 0 Å². The lowest BCUT2D eigenvalue weighted by Gasteiger charge is -2.40. The fraction of sp³-hybridized carbons (Fsp3) is 0.323. The summed E-state index contributed by atoms with van der Waals surface area (Å²) in [6.07, 6.45) is 1.87. The molecule has 8 rings (SSSR count). The average Bonchev–Trinajstić information content (AvgIpc) is 3.67. The normalized spacial score (nSPS) is 13.7. The van der Waals surface area contributed by atoms with Gasteiger partial charge in [0.2, 0.25) is 0 Å². The number of phenolic OH excluding ortho intramolecular Hbond substituents is 1. The Morgan fingerprint density at radius 2 is 1.21 bits per heavy atom. The highest BCUT2D eigenvalue weighted by atomic mass is 16.3. The molecule has 0 radical (unpaired) electrons. The molecule has 0 saturated carbocycles. The van der Waals surface area contributed by atoms with Crippen molar-refractivity contribution < 1.29 is 9.22 Å². The Balaban J connectivity index is 1.44. The van der Waals surface area contributed by atoms with E-state index in [1.807, 2.05) is 70.3 Å². The third-order valence-corrected chi connectivity index (χ3v) is 14.0. The molecule has 0 aliphatic rings. The fourth-order valence-electron chi connectivity index (χ4n) is 8.76. The SMILES string of the molecule is [2H]C(C)(C)c1ccc(-c2ccnc(-c3cc(-c4cccc5c4nc(-c4cc(C([2H])(C)C)cc(C([2H])(C)C)c4O)n5-c4ccc(C(C)(C)C(C)(C)C)cc4-c4ccccc4)cc(C(C)(C)C)c3)c2)cc1. The van der Waals surface area contributed by atoms with Crippen LogP contribution in [0.5, 0.6) is 5.75 Å². The van der Waals surface area contributed by atoms with Gasteiger partial charge in [0, 0.05) is 27.0 Å². The summed E-state index contributed by atoms with van der Waals surface area (Å²) in [5.74, 6) is -2.39. The molecule has 8 aromatic rings. The van der Waals surface area contributed by atoms with E-state index < -0.39 is 17.7 Å². The van der Waals surface area contributed by atoms with Crippen LogP contribution < -0.4 is 0 Å². The van der Waals surface area contributed by atoms with Crippen LogP contribution in [0.3, 0.4) is 0 Å². The Labute approximate surface area is 399 Å². The van der Waals surface area contributed by atoms with Crippen molar-refractivity contribution in [3.63, 3.8) is 0 Å². The number of nitrogens with zero attached hydrogens (tertiary/aromatic N) is 3. The lowest BCUT2D eigenvalue weighted by Crippen LogP contribution is -2.34. The number of benzene rings is 6. The largest absolute Gasteiger partial charge is 0.507 e. The Bertz CT molecular complexity index is 3200. The monoisotopic (exact) mass is 875 g/mol. The van der Waals surface area contributed by atoms with Gasteiger partial charge in [0.15, 0.2) is 0 Å². The van der Waals surface area contributed by atoms with Gasteiger partial charge in [-0.1, -0.05) is 182 Å². The van der Waals surface area contributed by atoms with Crippen molar-refractivity contribution in [2.75, 3.05) is 0 Å². The Morgan fingerprint density at radius 3 is 1.85 bits per heavy atom.